The fourth-order valence-electron chi connectivity index (χ4n) is 2.01. The molecule has 0 aliphatic carbocycles. The molecule has 0 bridgehead atoms. The van der Waals surface area contributed by atoms with Crippen molar-refractivity contribution in [2.24, 2.45) is 0 Å². The summed E-state index contributed by atoms with van der Waals surface area (Å²) in [4.78, 5) is 20.2. The van der Waals surface area contributed by atoms with Crippen LogP contribution in [0.1, 0.15) is 5.69 Å². The summed E-state index contributed by atoms with van der Waals surface area (Å²) in [6.45, 7) is 0. The van der Waals surface area contributed by atoms with Gasteiger partial charge in [0.05, 0.1) is 12.1 Å². The number of carbonyl (C=O) groups is 1. The van der Waals surface area contributed by atoms with Crippen LogP contribution < -0.4 is 15.4 Å². The molecule has 6 nitrogen and oxygen atoms in total. The van der Waals surface area contributed by atoms with Crippen LogP contribution in [0.25, 0.3) is 0 Å². The number of benzene rings is 1. The molecule has 8 heteroatoms. The van der Waals surface area contributed by atoms with Gasteiger partial charge in [0, 0.05) is 29.2 Å². The predicted octanol–water partition coefficient (Wildman–Crippen LogP) is 4.13. The molecule has 0 saturated heterocycles. The van der Waals surface area contributed by atoms with Crippen molar-refractivity contribution in [2.45, 2.75) is 6.42 Å². The number of amides is 1. The number of hydrogen-bond acceptors (Lipinski definition) is 6. The Kier molecular flexibility index (Phi) is 5.62. The Morgan fingerprint density at radius 2 is 2.12 bits per heavy atom. The molecule has 0 aliphatic rings. The molecule has 0 fully saturated rings. The standard InChI is InChI=1S/C17H15BrN4O2S/c1-19-15(23)8-12-10-25-17(21-12)22-16-14(7-11(18)9-20-16)24-13-5-3-2-4-6-13/h2-7,9-10H,8H2,1H3,(H,19,23)(H,20,21,22). The van der Waals surface area contributed by atoms with Crippen LogP contribution in [-0.2, 0) is 11.2 Å². The van der Waals surface area contributed by atoms with Crippen molar-refractivity contribution >= 4 is 44.1 Å². The van der Waals surface area contributed by atoms with Crippen molar-refractivity contribution in [3.8, 4) is 11.5 Å². The molecule has 1 aromatic carbocycles. The Morgan fingerprint density at radius 1 is 1.32 bits per heavy atom. The van der Waals surface area contributed by atoms with Gasteiger partial charge in [-0.25, -0.2) is 9.97 Å². The number of hydrogen-bond donors (Lipinski definition) is 2. The second kappa shape index (κ2) is 8.09. The van der Waals surface area contributed by atoms with Gasteiger partial charge >= 0.3 is 0 Å². The molecule has 0 aliphatic heterocycles. The first-order valence-electron chi connectivity index (χ1n) is 7.44. The Bertz CT molecular complexity index is 870. The normalized spacial score (nSPS) is 10.3. The first kappa shape index (κ1) is 17.4. The van der Waals surface area contributed by atoms with E-state index in [2.05, 4.69) is 36.5 Å². The molecule has 3 aromatic rings. The largest absolute Gasteiger partial charge is 0.453 e. The van der Waals surface area contributed by atoms with E-state index in [0.717, 1.165) is 4.47 Å². The van der Waals surface area contributed by atoms with E-state index < -0.39 is 0 Å². The molecule has 0 unspecified atom stereocenters. The summed E-state index contributed by atoms with van der Waals surface area (Å²) in [6, 6.07) is 11.3. The quantitative estimate of drug-likeness (QED) is 0.629. The van der Waals surface area contributed by atoms with E-state index in [1.54, 1.807) is 13.2 Å². The van der Waals surface area contributed by atoms with Crippen LogP contribution in [0, 0.1) is 0 Å². The number of likely N-dealkylation sites (N-methyl/N-ethyl adjacent to an activating group) is 1. The molecule has 0 radical (unpaired) electrons. The van der Waals surface area contributed by atoms with Crippen molar-refractivity contribution in [3.05, 3.63) is 58.1 Å². The molecule has 0 saturated carbocycles. The molecular formula is C17H15BrN4O2S. The van der Waals surface area contributed by atoms with Gasteiger partial charge in [0.25, 0.3) is 0 Å². The third kappa shape index (κ3) is 4.77. The van der Waals surface area contributed by atoms with Crippen LogP contribution in [0.5, 0.6) is 11.5 Å². The van der Waals surface area contributed by atoms with Gasteiger partial charge in [-0.2, -0.15) is 0 Å². The van der Waals surface area contributed by atoms with Crippen LogP contribution in [-0.4, -0.2) is 22.9 Å². The lowest BCUT2D eigenvalue weighted by Gasteiger charge is -2.11. The number of rotatable bonds is 6. The molecule has 1 amide bonds. The zero-order chi connectivity index (χ0) is 17.6. The lowest BCUT2D eigenvalue weighted by atomic mass is 10.3. The number of para-hydroxylation sites is 1. The van der Waals surface area contributed by atoms with Gasteiger partial charge in [-0.3, -0.25) is 4.79 Å². The summed E-state index contributed by atoms with van der Waals surface area (Å²) in [6.07, 6.45) is 1.93. The highest BCUT2D eigenvalue weighted by molar-refractivity contribution is 9.10. The minimum Gasteiger partial charge on any atom is -0.453 e. The van der Waals surface area contributed by atoms with Crippen LogP contribution in [0.2, 0.25) is 0 Å². The van der Waals surface area contributed by atoms with Gasteiger partial charge in [0.15, 0.2) is 16.7 Å². The van der Waals surface area contributed by atoms with Gasteiger partial charge in [-0.1, -0.05) is 18.2 Å². The average molecular weight is 419 g/mol. The van der Waals surface area contributed by atoms with Crippen molar-refractivity contribution < 1.29 is 9.53 Å². The number of nitrogens with zero attached hydrogens (tertiary/aromatic N) is 2. The van der Waals surface area contributed by atoms with Crippen molar-refractivity contribution in [2.75, 3.05) is 12.4 Å². The highest BCUT2D eigenvalue weighted by atomic mass is 79.9. The molecule has 128 valence electrons. The van der Waals surface area contributed by atoms with Crippen LogP contribution in [0.15, 0.2) is 52.4 Å². The third-order valence-corrected chi connectivity index (χ3v) is 4.43. The van der Waals surface area contributed by atoms with E-state index in [1.165, 1.54) is 11.3 Å². The Balaban J connectivity index is 1.79. The van der Waals surface area contributed by atoms with Crippen molar-refractivity contribution in [1.82, 2.24) is 15.3 Å². The van der Waals surface area contributed by atoms with Gasteiger partial charge in [-0.05, 0) is 28.1 Å². The van der Waals surface area contributed by atoms with E-state index in [4.69, 9.17) is 4.74 Å². The summed E-state index contributed by atoms with van der Waals surface area (Å²) in [5, 5.41) is 8.22. The van der Waals surface area contributed by atoms with E-state index in [-0.39, 0.29) is 12.3 Å². The molecule has 2 aromatic heterocycles. The maximum absolute atomic E-state index is 11.4. The Hall–Kier alpha value is -2.45. The number of pyridine rings is 1. The number of thiazole rings is 1. The number of halogens is 1. The van der Waals surface area contributed by atoms with Crippen LogP contribution in [0.4, 0.5) is 10.9 Å². The van der Waals surface area contributed by atoms with Gasteiger partial charge < -0.3 is 15.4 Å². The zero-order valence-electron chi connectivity index (χ0n) is 13.3. The number of aromatic nitrogens is 2. The molecular weight excluding hydrogens is 404 g/mol. The summed E-state index contributed by atoms with van der Waals surface area (Å²) >= 11 is 4.81. The fourth-order valence-corrected chi connectivity index (χ4v) is 3.03. The van der Waals surface area contributed by atoms with E-state index >= 15 is 0 Å². The first-order valence-corrected chi connectivity index (χ1v) is 9.12. The molecule has 25 heavy (non-hydrogen) atoms. The lowest BCUT2D eigenvalue weighted by molar-refractivity contribution is -0.120. The highest BCUT2D eigenvalue weighted by Crippen LogP contribution is 2.33. The summed E-state index contributed by atoms with van der Waals surface area (Å²) in [5.41, 5.74) is 0.703. The van der Waals surface area contributed by atoms with Gasteiger partial charge in [0.1, 0.15) is 5.75 Å². The third-order valence-electron chi connectivity index (χ3n) is 3.19. The maximum atomic E-state index is 11.4. The number of ether oxygens (including phenoxy) is 1. The highest BCUT2D eigenvalue weighted by Gasteiger charge is 2.11. The monoisotopic (exact) mass is 418 g/mol. The topological polar surface area (TPSA) is 76.1 Å². The maximum Gasteiger partial charge on any atom is 0.225 e. The van der Waals surface area contributed by atoms with Crippen molar-refractivity contribution in [1.29, 1.82) is 0 Å². The smallest absolute Gasteiger partial charge is 0.225 e. The zero-order valence-corrected chi connectivity index (χ0v) is 15.7. The van der Waals surface area contributed by atoms with Crippen molar-refractivity contribution in [3.63, 3.8) is 0 Å². The van der Waals surface area contributed by atoms with E-state index in [0.29, 0.717) is 28.1 Å². The van der Waals surface area contributed by atoms with E-state index in [1.807, 2.05) is 41.8 Å². The Morgan fingerprint density at radius 3 is 2.88 bits per heavy atom. The summed E-state index contributed by atoms with van der Waals surface area (Å²) in [5.74, 6) is 1.76. The second-order valence-electron chi connectivity index (χ2n) is 5.03. The molecule has 0 spiro atoms. The molecule has 2 heterocycles. The number of nitrogens with one attached hydrogen (secondary N) is 2. The van der Waals surface area contributed by atoms with Crippen LogP contribution >= 0.6 is 27.3 Å². The average Bonchev–Trinajstić information content (AvgIpc) is 3.05. The SMILES string of the molecule is CNC(=O)Cc1csc(Nc2ncc(Br)cc2Oc2ccccc2)n1. The van der Waals surface area contributed by atoms with Gasteiger partial charge in [-0.15, -0.1) is 11.3 Å². The minimum atomic E-state index is -0.0771. The lowest BCUT2D eigenvalue weighted by Crippen LogP contribution is -2.20. The number of anilines is 2. The molecule has 2 N–H and O–H groups in total. The molecule has 0 atom stereocenters. The van der Waals surface area contributed by atoms with Gasteiger partial charge in [0.2, 0.25) is 5.91 Å². The Labute approximate surface area is 157 Å². The second-order valence-corrected chi connectivity index (χ2v) is 6.81. The number of carbonyl (C=O) groups excluding carboxylic acids is 1. The van der Waals surface area contributed by atoms with E-state index in [9.17, 15) is 4.79 Å². The molecule has 3 rings (SSSR count). The first-order chi connectivity index (χ1) is 12.1. The summed E-state index contributed by atoms with van der Waals surface area (Å²) in [7, 11) is 1.60. The summed E-state index contributed by atoms with van der Waals surface area (Å²) < 4.78 is 6.72. The predicted molar refractivity (Wildman–Crippen MR) is 102 cm³/mol. The fraction of sp³-hybridized carbons (Fsp3) is 0.118. The minimum absolute atomic E-state index is 0.0771. The van der Waals surface area contributed by atoms with Crippen LogP contribution in [0.3, 0.4) is 0 Å².